The van der Waals surface area contributed by atoms with Crippen LogP contribution < -0.4 is 15.4 Å². The Morgan fingerprint density at radius 2 is 2.17 bits per heavy atom. The minimum Gasteiger partial charge on any atom is -0.481 e. The summed E-state index contributed by atoms with van der Waals surface area (Å²) in [4.78, 5) is 9.96. The lowest BCUT2D eigenvalue weighted by Crippen LogP contribution is -2.29. The molecule has 7 heteroatoms. The Hall–Kier alpha value is -2.07. The smallest absolute Gasteiger partial charge is 0.225 e. The number of aromatic nitrogens is 2. The van der Waals surface area contributed by atoms with Crippen LogP contribution in [-0.2, 0) is 4.74 Å². The highest BCUT2D eigenvalue weighted by Gasteiger charge is 2.10. The fourth-order valence-electron chi connectivity index (χ4n) is 1.42. The lowest BCUT2D eigenvalue weighted by molar-refractivity contribution is 0.205. The van der Waals surface area contributed by atoms with Gasteiger partial charge in [0.2, 0.25) is 11.8 Å². The fourth-order valence-corrected chi connectivity index (χ4v) is 1.42. The molecule has 0 aliphatic carbocycles. The molecule has 0 aliphatic rings. The lowest BCUT2D eigenvalue weighted by atomic mass is 10.3. The van der Waals surface area contributed by atoms with Gasteiger partial charge in [0.15, 0.2) is 0 Å². The molecule has 0 saturated carbocycles. The van der Waals surface area contributed by atoms with E-state index in [-0.39, 0.29) is 5.95 Å². The molecular formula is C11H17N5O2. The Labute approximate surface area is 106 Å². The van der Waals surface area contributed by atoms with Gasteiger partial charge >= 0.3 is 0 Å². The van der Waals surface area contributed by atoms with Gasteiger partial charge in [-0.2, -0.15) is 15.2 Å². The number of anilines is 2. The fraction of sp³-hybridized carbons (Fsp3) is 0.545. The average Bonchev–Trinajstić information content (AvgIpc) is 2.38. The van der Waals surface area contributed by atoms with E-state index < -0.39 is 0 Å². The monoisotopic (exact) mass is 251 g/mol. The first-order chi connectivity index (χ1) is 8.71. The van der Waals surface area contributed by atoms with Crippen molar-refractivity contribution >= 4 is 11.8 Å². The van der Waals surface area contributed by atoms with Crippen molar-refractivity contribution in [2.45, 2.75) is 6.42 Å². The van der Waals surface area contributed by atoms with Gasteiger partial charge in [-0.05, 0) is 0 Å². The Balaban J connectivity index is 2.88. The molecule has 98 valence electrons. The van der Waals surface area contributed by atoms with E-state index in [1.165, 1.54) is 7.11 Å². The molecule has 0 aromatic carbocycles. The molecule has 0 unspecified atom stereocenters. The third-order valence-corrected chi connectivity index (χ3v) is 2.30. The molecule has 1 aromatic heterocycles. The zero-order valence-electron chi connectivity index (χ0n) is 10.6. The molecule has 2 N–H and O–H groups in total. The summed E-state index contributed by atoms with van der Waals surface area (Å²) in [6.45, 7) is 1.72. The van der Waals surface area contributed by atoms with Gasteiger partial charge in [-0.25, -0.2) is 0 Å². The van der Waals surface area contributed by atoms with E-state index in [1.54, 1.807) is 13.2 Å². The number of hydrogen-bond donors (Lipinski definition) is 1. The van der Waals surface area contributed by atoms with Crippen molar-refractivity contribution in [3.63, 3.8) is 0 Å². The molecule has 0 saturated heterocycles. The van der Waals surface area contributed by atoms with Crippen LogP contribution in [0.25, 0.3) is 0 Å². The van der Waals surface area contributed by atoms with Crippen molar-refractivity contribution in [1.82, 2.24) is 9.97 Å². The summed E-state index contributed by atoms with van der Waals surface area (Å²) in [5.41, 5.74) is 5.60. The maximum absolute atomic E-state index is 8.65. The summed E-state index contributed by atoms with van der Waals surface area (Å²) in [7, 11) is 3.14. The van der Waals surface area contributed by atoms with Crippen molar-refractivity contribution < 1.29 is 9.47 Å². The van der Waals surface area contributed by atoms with Crippen LogP contribution in [0.4, 0.5) is 11.8 Å². The molecule has 0 spiro atoms. The predicted octanol–water partition coefficient (Wildman–Crippen LogP) is 0.434. The van der Waals surface area contributed by atoms with Gasteiger partial charge in [0.25, 0.3) is 0 Å². The second-order valence-electron chi connectivity index (χ2n) is 3.51. The van der Waals surface area contributed by atoms with E-state index >= 15 is 0 Å². The summed E-state index contributed by atoms with van der Waals surface area (Å²) in [6.07, 6.45) is 0.399. The van der Waals surface area contributed by atoms with Crippen LogP contribution in [0.5, 0.6) is 5.88 Å². The molecular weight excluding hydrogens is 234 g/mol. The Morgan fingerprint density at radius 1 is 1.39 bits per heavy atom. The molecule has 1 rings (SSSR count). The number of ether oxygens (including phenoxy) is 2. The summed E-state index contributed by atoms with van der Waals surface area (Å²) in [6, 6.07) is 3.78. The molecule has 7 nitrogen and oxygen atoms in total. The molecule has 0 atom stereocenters. The minimum atomic E-state index is 0.142. The standard InChI is InChI=1S/C11H17N5O2/c1-17-7-6-16(5-3-4-12)9-8-10(18-2)15-11(13)14-9/h8H,3,5-7H2,1-2H3,(H2,13,14,15). The summed E-state index contributed by atoms with van der Waals surface area (Å²) < 4.78 is 10.1. The molecule has 0 radical (unpaired) electrons. The molecule has 1 aromatic rings. The largest absolute Gasteiger partial charge is 0.481 e. The van der Waals surface area contributed by atoms with E-state index in [2.05, 4.69) is 16.0 Å². The van der Waals surface area contributed by atoms with Crippen molar-refractivity contribution in [3.8, 4) is 11.9 Å². The summed E-state index contributed by atoms with van der Waals surface area (Å²) in [5, 5.41) is 8.65. The topological polar surface area (TPSA) is 97.3 Å². The van der Waals surface area contributed by atoms with E-state index in [0.29, 0.717) is 37.8 Å². The summed E-state index contributed by atoms with van der Waals surface area (Å²) >= 11 is 0. The number of nitrogens with two attached hydrogens (primary N) is 1. The number of rotatable bonds is 7. The number of methoxy groups -OCH3 is 2. The maximum atomic E-state index is 8.65. The van der Waals surface area contributed by atoms with E-state index in [4.69, 9.17) is 20.5 Å². The third kappa shape index (κ3) is 4.07. The van der Waals surface area contributed by atoms with Crippen molar-refractivity contribution in [1.29, 1.82) is 5.26 Å². The molecule has 18 heavy (non-hydrogen) atoms. The molecule has 1 heterocycles. The number of nitriles is 1. The van der Waals surface area contributed by atoms with Crippen LogP contribution in [0, 0.1) is 11.3 Å². The van der Waals surface area contributed by atoms with Crippen LogP contribution in [0.1, 0.15) is 6.42 Å². The minimum absolute atomic E-state index is 0.142. The van der Waals surface area contributed by atoms with Crippen molar-refractivity contribution in [3.05, 3.63) is 6.07 Å². The first kappa shape index (κ1) is 14.0. The summed E-state index contributed by atoms with van der Waals surface area (Å²) in [5.74, 6) is 1.17. The Bertz CT molecular complexity index is 418. The Kier molecular flexibility index (Phi) is 5.67. The molecule has 0 aliphatic heterocycles. The highest BCUT2D eigenvalue weighted by molar-refractivity contribution is 5.45. The molecule has 0 amide bonds. The quantitative estimate of drug-likeness (QED) is 0.750. The van der Waals surface area contributed by atoms with Crippen LogP contribution in [-0.4, -0.2) is 43.9 Å². The van der Waals surface area contributed by atoms with Crippen LogP contribution >= 0.6 is 0 Å². The SMILES string of the molecule is COCCN(CCC#N)c1cc(OC)nc(N)n1. The van der Waals surface area contributed by atoms with Gasteiger partial charge in [-0.15, -0.1) is 0 Å². The maximum Gasteiger partial charge on any atom is 0.225 e. The van der Waals surface area contributed by atoms with Crippen LogP contribution in [0.3, 0.4) is 0 Å². The second-order valence-corrected chi connectivity index (χ2v) is 3.51. The predicted molar refractivity (Wildman–Crippen MR) is 67.3 cm³/mol. The number of nitrogen functional groups attached to an aromatic ring is 1. The van der Waals surface area contributed by atoms with Crippen molar-refractivity contribution in [2.75, 3.05) is 44.5 Å². The lowest BCUT2D eigenvalue weighted by Gasteiger charge is -2.22. The Morgan fingerprint density at radius 3 is 2.78 bits per heavy atom. The van der Waals surface area contributed by atoms with E-state index in [1.807, 2.05) is 4.90 Å². The van der Waals surface area contributed by atoms with Crippen LogP contribution in [0.2, 0.25) is 0 Å². The zero-order chi connectivity index (χ0) is 13.4. The molecule has 0 fully saturated rings. The van der Waals surface area contributed by atoms with E-state index in [9.17, 15) is 0 Å². The normalized spacial score (nSPS) is 9.83. The highest BCUT2D eigenvalue weighted by Crippen LogP contribution is 2.18. The van der Waals surface area contributed by atoms with E-state index in [0.717, 1.165) is 0 Å². The second kappa shape index (κ2) is 7.29. The third-order valence-electron chi connectivity index (χ3n) is 2.30. The van der Waals surface area contributed by atoms with Gasteiger partial charge in [0, 0.05) is 26.3 Å². The number of hydrogen-bond acceptors (Lipinski definition) is 7. The zero-order valence-corrected chi connectivity index (χ0v) is 10.6. The van der Waals surface area contributed by atoms with Gasteiger partial charge in [-0.3, -0.25) is 0 Å². The highest BCUT2D eigenvalue weighted by atomic mass is 16.5. The van der Waals surface area contributed by atoms with Gasteiger partial charge in [0.05, 0.1) is 26.2 Å². The van der Waals surface area contributed by atoms with Gasteiger partial charge in [-0.1, -0.05) is 0 Å². The first-order valence-corrected chi connectivity index (χ1v) is 5.50. The van der Waals surface area contributed by atoms with Gasteiger partial charge in [0.1, 0.15) is 5.82 Å². The van der Waals surface area contributed by atoms with Crippen LogP contribution in [0.15, 0.2) is 6.07 Å². The number of nitrogens with zero attached hydrogens (tertiary/aromatic N) is 4. The van der Waals surface area contributed by atoms with Crippen molar-refractivity contribution in [2.24, 2.45) is 0 Å². The van der Waals surface area contributed by atoms with Gasteiger partial charge < -0.3 is 20.1 Å². The average molecular weight is 251 g/mol. The first-order valence-electron chi connectivity index (χ1n) is 5.50. The molecule has 0 bridgehead atoms.